The number of carboxylic acids is 1. The van der Waals surface area contributed by atoms with Gasteiger partial charge in [0, 0.05) is 26.2 Å². The van der Waals surface area contributed by atoms with Gasteiger partial charge in [0.1, 0.15) is 5.75 Å². The molecule has 2 saturated heterocycles. The van der Waals surface area contributed by atoms with Crippen molar-refractivity contribution in [3.63, 3.8) is 0 Å². The Morgan fingerprint density at radius 1 is 1.07 bits per heavy atom. The number of aliphatic carboxylic acids is 1. The highest BCUT2D eigenvalue weighted by molar-refractivity contribution is 5.80. The van der Waals surface area contributed by atoms with Crippen LogP contribution in [0, 0.1) is 0 Å². The summed E-state index contributed by atoms with van der Waals surface area (Å²) < 4.78 is 5.19. The predicted octanol–water partition coefficient (Wildman–Crippen LogP) is 1.98. The molecule has 158 valence electrons. The predicted molar refractivity (Wildman–Crippen MR) is 114 cm³/mol. The molecule has 1 aromatic carbocycles. The van der Waals surface area contributed by atoms with E-state index in [0.29, 0.717) is 23.6 Å². The number of nitrogens with one attached hydrogen (secondary N) is 1. The topological polar surface area (TPSA) is 116 Å². The molecule has 1 aromatic heterocycles. The Hall–Kier alpha value is -3.43. The molecule has 2 N–H and O–H groups in total. The van der Waals surface area contributed by atoms with Crippen LogP contribution in [0.5, 0.6) is 5.75 Å². The second-order valence-corrected chi connectivity index (χ2v) is 7.27. The number of benzene rings is 1. The van der Waals surface area contributed by atoms with Gasteiger partial charge in [-0.15, -0.1) is 0 Å². The molecule has 2 aliphatic heterocycles. The lowest BCUT2D eigenvalue weighted by atomic mass is 10.2. The zero-order valence-electron chi connectivity index (χ0n) is 16.7. The minimum absolute atomic E-state index is 0.387. The lowest BCUT2D eigenvalue weighted by Gasteiger charge is -2.20. The number of hydrazone groups is 1. The summed E-state index contributed by atoms with van der Waals surface area (Å²) in [5.74, 6) is 1.23. The number of nitrogens with zero attached hydrogens (tertiary/aromatic N) is 6. The van der Waals surface area contributed by atoms with Gasteiger partial charge in [0.15, 0.2) is 6.61 Å². The molecule has 0 unspecified atom stereocenters. The Morgan fingerprint density at radius 2 is 1.70 bits per heavy atom. The van der Waals surface area contributed by atoms with E-state index in [0.717, 1.165) is 57.4 Å². The molecular formula is C20H25N7O3. The number of carbonyl (C=O) groups is 1. The quantitative estimate of drug-likeness (QED) is 0.497. The Kier molecular flexibility index (Phi) is 6.21. The molecule has 3 heterocycles. The molecule has 30 heavy (non-hydrogen) atoms. The number of hydrogen-bond donors (Lipinski definition) is 2. The minimum atomic E-state index is -1.02. The van der Waals surface area contributed by atoms with Crippen molar-refractivity contribution in [2.24, 2.45) is 5.10 Å². The van der Waals surface area contributed by atoms with E-state index >= 15 is 0 Å². The number of rotatable bonds is 8. The Balaban J connectivity index is 1.48. The van der Waals surface area contributed by atoms with E-state index in [1.165, 1.54) is 0 Å². The van der Waals surface area contributed by atoms with E-state index in [9.17, 15) is 4.79 Å². The zero-order chi connectivity index (χ0) is 20.8. The van der Waals surface area contributed by atoms with Crippen LogP contribution in [-0.4, -0.2) is 65.0 Å². The molecule has 0 aliphatic carbocycles. The van der Waals surface area contributed by atoms with Gasteiger partial charge in [-0.1, -0.05) is 12.1 Å². The summed E-state index contributed by atoms with van der Waals surface area (Å²) >= 11 is 0. The maximum atomic E-state index is 10.6. The highest BCUT2D eigenvalue weighted by atomic mass is 16.5. The first-order valence-electron chi connectivity index (χ1n) is 10.2. The zero-order valence-corrected chi connectivity index (χ0v) is 16.7. The molecule has 2 aromatic rings. The van der Waals surface area contributed by atoms with E-state index in [1.54, 1.807) is 24.4 Å². The smallest absolute Gasteiger partial charge is 0.341 e. The first-order chi connectivity index (χ1) is 14.7. The highest BCUT2D eigenvalue weighted by Crippen LogP contribution is 2.22. The van der Waals surface area contributed by atoms with Gasteiger partial charge in [-0.2, -0.15) is 20.1 Å². The molecule has 2 fully saturated rings. The second-order valence-electron chi connectivity index (χ2n) is 7.27. The van der Waals surface area contributed by atoms with Crippen LogP contribution in [0.1, 0.15) is 31.2 Å². The van der Waals surface area contributed by atoms with E-state index in [4.69, 9.17) is 9.84 Å². The largest absolute Gasteiger partial charge is 0.482 e. The average Bonchev–Trinajstić information content (AvgIpc) is 3.46. The van der Waals surface area contributed by atoms with Crippen LogP contribution in [0.15, 0.2) is 29.4 Å². The Labute approximate surface area is 174 Å². The van der Waals surface area contributed by atoms with Crippen molar-refractivity contribution in [2.75, 3.05) is 48.0 Å². The van der Waals surface area contributed by atoms with Crippen LogP contribution in [0.4, 0.5) is 17.8 Å². The Morgan fingerprint density at radius 3 is 2.30 bits per heavy atom. The van der Waals surface area contributed by atoms with Crippen molar-refractivity contribution in [3.8, 4) is 5.75 Å². The maximum Gasteiger partial charge on any atom is 0.341 e. The summed E-state index contributed by atoms with van der Waals surface area (Å²) in [6.45, 7) is 3.43. The maximum absolute atomic E-state index is 10.6. The van der Waals surface area contributed by atoms with E-state index in [2.05, 4.69) is 35.3 Å². The van der Waals surface area contributed by atoms with Crippen LogP contribution in [0.25, 0.3) is 0 Å². The third-order valence-corrected chi connectivity index (χ3v) is 4.99. The minimum Gasteiger partial charge on any atom is -0.482 e. The SMILES string of the molecule is O=C(O)COc1cccc(/C=N/Nc2nc(N3CCCC3)nc(N3CCCC3)n2)c1. The third kappa shape index (κ3) is 5.13. The van der Waals surface area contributed by atoms with Gasteiger partial charge in [0.05, 0.1) is 6.21 Å². The first kappa shape index (κ1) is 19.9. The van der Waals surface area contributed by atoms with Crippen molar-refractivity contribution in [2.45, 2.75) is 25.7 Å². The van der Waals surface area contributed by atoms with Crippen LogP contribution >= 0.6 is 0 Å². The van der Waals surface area contributed by atoms with Gasteiger partial charge in [-0.25, -0.2) is 10.2 Å². The average molecular weight is 411 g/mol. The Bertz CT molecular complexity index is 875. The van der Waals surface area contributed by atoms with Gasteiger partial charge >= 0.3 is 5.97 Å². The van der Waals surface area contributed by atoms with Crippen molar-refractivity contribution < 1.29 is 14.6 Å². The lowest BCUT2D eigenvalue weighted by molar-refractivity contribution is -0.139. The molecule has 0 amide bonds. The first-order valence-corrected chi connectivity index (χ1v) is 10.2. The molecule has 0 radical (unpaired) electrons. The van der Waals surface area contributed by atoms with Crippen molar-refractivity contribution >= 4 is 30.0 Å². The molecule has 0 bridgehead atoms. The summed E-state index contributed by atoms with van der Waals surface area (Å²) in [7, 11) is 0. The van der Waals surface area contributed by atoms with E-state index in [1.807, 2.05) is 6.07 Å². The van der Waals surface area contributed by atoms with Crippen LogP contribution in [0.3, 0.4) is 0 Å². The van der Waals surface area contributed by atoms with Gasteiger partial charge < -0.3 is 19.6 Å². The number of carboxylic acid groups (broad SMARTS) is 1. The molecule has 0 saturated carbocycles. The highest BCUT2D eigenvalue weighted by Gasteiger charge is 2.21. The van der Waals surface area contributed by atoms with E-state index in [-0.39, 0.29) is 6.61 Å². The number of hydrogen-bond acceptors (Lipinski definition) is 9. The van der Waals surface area contributed by atoms with Crippen LogP contribution < -0.4 is 20.0 Å². The monoisotopic (exact) mass is 411 g/mol. The standard InChI is InChI=1S/C20H25N7O3/c28-17(29)14-30-16-7-5-6-15(12-16)13-21-25-18-22-19(26-8-1-2-9-26)24-20(23-18)27-10-3-4-11-27/h5-7,12-13H,1-4,8-11,14H2,(H,28,29)(H,22,23,24,25)/b21-13+. The molecule has 10 heteroatoms. The van der Waals surface area contributed by atoms with Crippen molar-refractivity contribution in [3.05, 3.63) is 29.8 Å². The summed E-state index contributed by atoms with van der Waals surface area (Å²) in [4.78, 5) is 28.8. The fourth-order valence-electron chi connectivity index (χ4n) is 3.52. The van der Waals surface area contributed by atoms with Crippen molar-refractivity contribution in [1.29, 1.82) is 0 Å². The molecule has 10 nitrogen and oxygen atoms in total. The summed E-state index contributed by atoms with van der Waals surface area (Å²) in [5.41, 5.74) is 3.67. The molecule has 4 rings (SSSR count). The number of ether oxygens (including phenoxy) is 1. The summed E-state index contributed by atoms with van der Waals surface area (Å²) in [6.07, 6.45) is 6.19. The second kappa shape index (κ2) is 9.38. The lowest BCUT2D eigenvalue weighted by Crippen LogP contribution is -2.25. The van der Waals surface area contributed by atoms with Gasteiger partial charge in [-0.3, -0.25) is 0 Å². The van der Waals surface area contributed by atoms with Gasteiger partial charge in [0.2, 0.25) is 17.8 Å². The van der Waals surface area contributed by atoms with Crippen molar-refractivity contribution in [1.82, 2.24) is 15.0 Å². The van der Waals surface area contributed by atoms with Crippen LogP contribution in [-0.2, 0) is 4.79 Å². The van der Waals surface area contributed by atoms with Gasteiger partial charge in [0.25, 0.3) is 0 Å². The molecule has 0 spiro atoms. The molecule has 2 aliphatic rings. The summed E-state index contributed by atoms with van der Waals surface area (Å²) in [5, 5.41) is 13.0. The summed E-state index contributed by atoms with van der Waals surface area (Å²) in [6, 6.07) is 7.03. The third-order valence-electron chi connectivity index (χ3n) is 4.99. The number of aromatic nitrogens is 3. The fraction of sp³-hybridized carbons (Fsp3) is 0.450. The van der Waals surface area contributed by atoms with E-state index < -0.39 is 5.97 Å². The van der Waals surface area contributed by atoms with Gasteiger partial charge in [-0.05, 0) is 43.4 Å². The number of anilines is 3. The normalized spacial score (nSPS) is 16.4. The molecule has 0 atom stereocenters. The van der Waals surface area contributed by atoms with Crippen LogP contribution in [0.2, 0.25) is 0 Å². The molecular weight excluding hydrogens is 386 g/mol. The fourth-order valence-corrected chi connectivity index (χ4v) is 3.52.